The SMILES string of the molecule is CC1(O)CCCN(Cc2nnnn2Cc2ccccc2)C1. The molecule has 1 saturated heterocycles. The highest BCUT2D eigenvalue weighted by Crippen LogP contribution is 2.21. The summed E-state index contributed by atoms with van der Waals surface area (Å²) in [5.41, 5.74) is 0.576. The summed E-state index contributed by atoms with van der Waals surface area (Å²) in [4.78, 5) is 2.22. The summed E-state index contributed by atoms with van der Waals surface area (Å²) in [7, 11) is 0. The number of hydrogen-bond acceptors (Lipinski definition) is 5. The Morgan fingerprint density at radius 3 is 2.81 bits per heavy atom. The van der Waals surface area contributed by atoms with Crippen molar-refractivity contribution in [3.63, 3.8) is 0 Å². The van der Waals surface area contributed by atoms with Gasteiger partial charge in [0, 0.05) is 6.54 Å². The monoisotopic (exact) mass is 287 g/mol. The number of aliphatic hydroxyl groups is 1. The van der Waals surface area contributed by atoms with Gasteiger partial charge in [-0.05, 0) is 42.3 Å². The van der Waals surface area contributed by atoms with Crippen LogP contribution >= 0.6 is 0 Å². The van der Waals surface area contributed by atoms with Crippen molar-refractivity contribution in [2.45, 2.75) is 38.5 Å². The molecule has 0 saturated carbocycles. The molecule has 2 heterocycles. The van der Waals surface area contributed by atoms with Crippen LogP contribution in [-0.4, -0.2) is 48.9 Å². The van der Waals surface area contributed by atoms with Gasteiger partial charge >= 0.3 is 0 Å². The summed E-state index contributed by atoms with van der Waals surface area (Å²) in [5, 5.41) is 22.2. The third-order valence-electron chi connectivity index (χ3n) is 3.90. The second-order valence-corrected chi connectivity index (χ2v) is 6.05. The maximum absolute atomic E-state index is 10.2. The number of aromatic nitrogens is 4. The minimum absolute atomic E-state index is 0.601. The number of piperidine rings is 1. The van der Waals surface area contributed by atoms with Crippen LogP contribution in [0.4, 0.5) is 0 Å². The zero-order valence-corrected chi connectivity index (χ0v) is 12.3. The molecule has 1 aromatic carbocycles. The van der Waals surface area contributed by atoms with E-state index < -0.39 is 5.60 Å². The van der Waals surface area contributed by atoms with Gasteiger partial charge in [0.2, 0.25) is 0 Å². The van der Waals surface area contributed by atoms with Gasteiger partial charge in [-0.3, -0.25) is 4.90 Å². The van der Waals surface area contributed by atoms with E-state index >= 15 is 0 Å². The Labute approximate surface area is 124 Å². The third kappa shape index (κ3) is 3.65. The summed E-state index contributed by atoms with van der Waals surface area (Å²) in [6.45, 7) is 4.90. The average Bonchev–Trinajstić information content (AvgIpc) is 2.86. The number of β-amino-alcohol motifs (C(OH)–C–C–N with tert-alkyl or cyclic N) is 1. The highest BCUT2D eigenvalue weighted by Gasteiger charge is 2.29. The van der Waals surface area contributed by atoms with Crippen molar-refractivity contribution in [3.05, 3.63) is 41.7 Å². The first-order chi connectivity index (χ1) is 10.1. The zero-order chi connectivity index (χ0) is 14.7. The second-order valence-electron chi connectivity index (χ2n) is 6.05. The van der Waals surface area contributed by atoms with Gasteiger partial charge in [0.05, 0.1) is 18.7 Å². The van der Waals surface area contributed by atoms with Crippen molar-refractivity contribution in [3.8, 4) is 0 Å². The summed E-state index contributed by atoms with van der Waals surface area (Å²) in [6.07, 6.45) is 1.87. The Kier molecular flexibility index (Phi) is 3.98. The lowest BCUT2D eigenvalue weighted by atomic mass is 9.95. The van der Waals surface area contributed by atoms with E-state index in [1.807, 2.05) is 29.8 Å². The largest absolute Gasteiger partial charge is 0.389 e. The Hall–Kier alpha value is -1.79. The molecule has 1 N–H and O–H groups in total. The number of hydrogen-bond donors (Lipinski definition) is 1. The van der Waals surface area contributed by atoms with Gasteiger partial charge in [-0.2, -0.15) is 0 Å². The summed E-state index contributed by atoms with van der Waals surface area (Å²) < 4.78 is 1.83. The lowest BCUT2D eigenvalue weighted by molar-refractivity contribution is -0.0192. The third-order valence-corrected chi connectivity index (χ3v) is 3.90. The molecule has 1 aliphatic rings. The number of tetrazole rings is 1. The molecule has 1 unspecified atom stereocenters. The van der Waals surface area contributed by atoms with Gasteiger partial charge in [-0.25, -0.2) is 4.68 Å². The molecule has 1 aromatic heterocycles. The number of likely N-dealkylation sites (tertiary alicyclic amines) is 1. The van der Waals surface area contributed by atoms with Crippen LogP contribution in [-0.2, 0) is 13.1 Å². The first kappa shape index (κ1) is 14.2. The van der Waals surface area contributed by atoms with E-state index in [1.54, 1.807) is 0 Å². The Morgan fingerprint density at radius 1 is 1.24 bits per heavy atom. The van der Waals surface area contributed by atoms with Gasteiger partial charge in [-0.15, -0.1) is 5.10 Å². The van der Waals surface area contributed by atoms with Gasteiger partial charge in [0.15, 0.2) is 5.82 Å². The summed E-state index contributed by atoms with van der Waals surface area (Å²) in [5.74, 6) is 0.844. The first-order valence-corrected chi connectivity index (χ1v) is 7.36. The maximum atomic E-state index is 10.2. The standard InChI is InChI=1S/C15H21N5O/c1-15(21)8-5-9-19(12-15)11-14-16-17-18-20(14)10-13-6-3-2-4-7-13/h2-4,6-7,21H,5,8-12H2,1H3. The molecule has 1 atom stereocenters. The predicted octanol–water partition coefficient (Wildman–Crippen LogP) is 1.07. The van der Waals surface area contributed by atoms with Crippen molar-refractivity contribution in [2.24, 2.45) is 0 Å². The lowest BCUT2D eigenvalue weighted by Crippen LogP contribution is -2.45. The van der Waals surface area contributed by atoms with E-state index in [0.29, 0.717) is 19.6 Å². The molecule has 3 rings (SSSR count). The molecule has 6 heteroatoms. The fourth-order valence-corrected chi connectivity index (χ4v) is 2.87. The number of nitrogens with zero attached hydrogens (tertiary/aromatic N) is 5. The lowest BCUT2D eigenvalue weighted by Gasteiger charge is -2.36. The van der Waals surface area contributed by atoms with Crippen LogP contribution in [0.3, 0.4) is 0 Å². The van der Waals surface area contributed by atoms with Gasteiger partial charge in [-0.1, -0.05) is 30.3 Å². The van der Waals surface area contributed by atoms with Crippen molar-refractivity contribution in [1.29, 1.82) is 0 Å². The minimum Gasteiger partial charge on any atom is -0.389 e. The number of rotatable bonds is 4. The van der Waals surface area contributed by atoms with Gasteiger partial charge in [0.25, 0.3) is 0 Å². The van der Waals surface area contributed by atoms with Crippen molar-refractivity contribution in [1.82, 2.24) is 25.1 Å². The molecule has 1 aliphatic heterocycles. The van der Waals surface area contributed by atoms with Crippen LogP contribution < -0.4 is 0 Å². The van der Waals surface area contributed by atoms with Gasteiger partial charge in [0.1, 0.15) is 0 Å². The molecule has 0 spiro atoms. The molecule has 0 amide bonds. The van der Waals surface area contributed by atoms with Crippen LogP contribution in [0.5, 0.6) is 0 Å². The fraction of sp³-hybridized carbons (Fsp3) is 0.533. The smallest absolute Gasteiger partial charge is 0.165 e. The molecular weight excluding hydrogens is 266 g/mol. The van der Waals surface area contributed by atoms with Crippen LogP contribution in [0, 0.1) is 0 Å². The molecule has 0 aliphatic carbocycles. The van der Waals surface area contributed by atoms with Crippen LogP contribution in [0.15, 0.2) is 30.3 Å². The van der Waals surface area contributed by atoms with Crippen LogP contribution in [0.2, 0.25) is 0 Å². The molecule has 0 bridgehead atoms. The van der Waals surface area contributed by atoms with Crippen molar-refractivity contribution in [2.75, 3.05) is 13.1 Å². The number of benzene rings is 1. The summed E-state index contributed by atoms with van der Waals surface area (Å²) >= 11 is 0. The van der Waals surface area contributed by atoms with Gasteiger partial charge < -0.3 is 5.11 Å². The topological polar surface area (TPSA) is 67.1 Å². The van der Waals surface area contributed by atoms with E-state index in [1.165, 1.54) is 5.56 Å². The van der Waals surface area contributed by atoms with E-state index in [4.69, 9.17) is 0 Å². The molecule has 0 radical (unpaired) electrons. The molecule has 2 aromatic rings. The minimum atomic E-state index is -0.601. The molecule has 112 valence electrons. The Balaban J connectivity index is 1.68. The van der Waals surface area contributed by atoms with E-state index in [0.717, 1.165) is 25.2 Å². The zero-order valence-electron chi connectivity index (χ0n) is 12.3. The first-order valence-electron chi connectivity index (χ1n) is 7.36. The normalized spacial score (nSPS) is 23.3. The second kappa shape index (κ2) is 5.91. The van der Waals surface area contributed by atoms with Crippen LogP contribution in [0.1, 0.15) is 31.2 Å². The molecular formula is C15H21N5O. The predicted molar refractivity (Wildman–Crippen MR) is 78.5 cm³/mol. The Morgan fingerprint density at radius 2 is 2.05 bits per heavy atom. The van der Waals surface area contributed by atoms with E-state index in [9.17, 15) is 5.11 Å². The molecule has 21 heavy (non-hydrogen) atoms. The highest BCUT2D eigenvalue weighted by molar-refractivity contribution is 5.14. The van der Waals surface area contributed by atoms with Crippen molar-refractivity contribution < 1.29 is 5.11 Å². The maximum Gasteiger partial charge on any atom is 0.165 e. The highest BCUT2D eigenvalue weighted by atomic mass is 16.3. The fourth-order valence-electron chi connectivity index (χ4n) is 2.87. The van der Waals surface area contributed by atoms with E-state index in [2.05, 4.69) is 32.6 Å². The quantitative estimate of drug-likeness (QED) is 0.911. The van der Waals surface area contributed by atoms with E-state index in [-0.39, 0.29) is 0 Å². The summed E-state index contributed by atoms with van der Waals surface area (Å²) in [6, 6.07) is 10.2. The van der Waals surface area contributed by atoms with Crippen LogP contribution in [0.25, 0.3) is 0 Å². The molecule has 6 nitrogen and oxygen atoms in total. The van der Waals surface area contributed by atoms with Crippen molar-refractivity contribution >= 4 is 0 Å². The Bertz CT molecular complexity index is 581. The average molecular weight is 287 g/mol. The molecule has 1 fully saturated rings.